The first-order chi connectivity index (χ1) is 11.5. The molecule has 9 nitrogen and oxygen atoms in total. The number of aromatic nitrogens is 4. The fourth-order valence-electron chi connectivity index (χ4n) is 1.76. The summed E-state index contributed by atoms with van der Waals surface area (Å²) < 4.78 is 1.46. The summed E-state index contributed by atoms with van der Waals surface area (Å²) in [5.74, 6) is -0.978. The van der Waals surface area contributed by atoms with Crippen LogP contribution in [0.3, 0.4) is 0 Å². The number of carboxylic acids is 1. The average Bonchev–Trinajstić information content (AvgIpc) is 3.06. The Bertz CT molecular complexity index is 743. The van der Waals surface area contributed by atoms with Gasteiger partial charge in [0.15, 0.2) is 0 Å². The van der Waals surface area contributed by atoms with Crippen LogP contribution >= 0.6 is 11.8 Å². The van der Waals surface area contributed by atoms with Crippen molar-refractivity contribution < 1.29 is 14.7 Å². The Balaban J connectivity index is 2.05. The largest absolute Gasteiger partial charge is 0.478 e. The van der Waals surface area contributed by atoms with Crippen molar-refractivity contribution in [2.24, 2.45) is 16.1 Å². The Morgan fingerprint density at radius 3 is 2.67 bits per heavy atom. The number of ketones is 1. The monoisotopic (exact) mass is 348 g/mol. The van der Waals surface area contributed by atoms with E-state index in [1.165, 1.54) is 28.6 Å². The van der Waals surface area contributed by atoms with Gasteiger partial charge in [-0.05, 0) is 34.7 Å². The molecular formula is C14H16N6O3S. The second kappa shape index (κ2) is 8.29. The predicted molar refractivity (Wildman–Crippen MR) is 86.7 cm³/mol. The molecule has 10 heteroatoms. The van der Waals surface area contributed by atoms with Gasteiger partial charge in [-0.3, -0.25) is 4.79 Å². The van der Waals surface area contributed by atoms with Gasteiger partial charge < -0.3 is 5.11 Å². The molecule has 2 rings (SSSR count). The standard InChI is InChI=1S/C14H16N6O3S/c1-9(7-16-15-2)12(21)8-24-14-17-18-19-20(14)11-5-3-10(4-6-11)13(22)23/h3-6,9H,7-8H2,1-2H3,(H,22,23)/b16-15-. The lowest BCUT2D eigenvalue weighted by molar-refractivity contribution is -0.119. The number of rotatable bonds is 8. The van der Waals surface area contributed by atoms with Gasteiger partial charge in [-0.2, -0.15) is 14.9 Å². The maximum absolute atomic E-state index is 12.0. The van der Waals surface area contributed by atoms with Crippen LogP contribution in [0.1, 0.15) is 17.3 Å². The topological polar surface area (TPSA) is 123 Å². The third-order valence-corrected chi connectivity index (χ3v) is 4.13. The van der Waals surface area contributed by atoms with Crippen LogP contribution in [-0.4, -0.2) is 56.4 Å². The summed E-state index contributed by atoms with van der Waals surface area (Å²) in [5, 5.41) is 28.2. The summed E-state index contributed by atoms with van der Waals surface area (Å²) in [7, 11) is 1.57. The van der Waals surface area contributed by atoms with Gasteiger partial charge in [-0.25, -0.2) is 4.79 Å². The van der Waals surface area contributed by atoms with E-state index in [0.717, 1.165) is 0 Å². The average molecular weight is 348 g/mol. The number of carboxylic acid groups (broad SMARTS) is 1. The van der Waals surface area contributed by atoms with E-state index in [4.69, 9.17) is 5.11 Å². The zero-order valence-electron chi connectivity index (χ0n) is 13.2. The van der Waals surface area contributed by atoms with Crippen molar-refractivity contribution in [1.82, 2.24) is 20.2 Å². The highest BCUT2D eigenvalue weighted by Crippen LogP contribution is 2.19. The fraction of sp³-hybridized carbons (Fsp3) is 0.357. The van der Waals surface area contributed by atoms with Crippen molar-refractivity contribution in [3.63, 3.8) is 0 Å². The van der Waals surface area contributed by atoms with E-state index in [1.54, 1.807) is 26.1 Å². The van der Waals surface area contributed by atoms with Crippen LogP contribution in [0.25, 0.3) is 5.69 Å². The van der Waals surface area contributed by atoms with Gasteiger partial charge in [-0.15, -0.1) is 5.10 Å². The lowest BCUT2D eigenvalue weighted by atomic mass is 10.1. The summed E-state index contributed by atoms with van der Waals surface area (Å²) >= 11 is 1.22. The first kappa shape index (κ1) is 17.7. The van der Waals surface area contributed by atoms with Gasteiger partial charge in [0.05, 0.1) is 23.5 Å². The number of carbonyl (C=O) groups excluding carboxylic acids is 1. The quantitative estimate of drug-likeness (QED) is 0.569. The van der Waals surface area contributed by atoms with Crippen LogP contribution in [0.4, 0.5) is 0 Å². The minimum absolute atomic E-state index is 0.0307. The van der Waals surface area contributed by atoms with Crippen LogP contribution in [0.2, 0.25) is 0 Å². The maximum Gasteiger partial charge on any atom is 0.335 e. The normalized spacial score (nSPS) is 12.4. The van der Waals surface area contributed by atoms with E-state index < -0.39 is 5.97 Å². The number of hydrogen-bond acceptors (Lipinski definition) is 8. The Kier molecular flexibility index (Phi) is 6.13. The summed E-state index contributed by atoms with van der Waals surface area (Å²) in [5.41, 5.74) is 0.794. The first-order valence-electron chi connectivity index (χ1n) is 7.06. The van der Waals surface area contributed by atoms with E-state index in [0.29, 0.717) is 17.4 Å². The summed E-state index contributed by atoms with van der Waals surface area (Å²) in [6.45, 7) is 2.16. The molecule has 0 saturated carbocycles. The molecule has 0 radical (unpaired) electrons. The molecule has 1 aromatic heterocycles. The molecule has 1 heterocycles. The summed E-state index contributed by atoms with van der Waals surface area (Å²) in [6, 6.07) is 6.15. The molecule has 0 saturated heterocycles. The number of carbonyl (C=O) groups is 2. The molecule has 1 N–H and O–H groups in total. The van der Waals surface area contributed by atoms with Gasteiger partial charge in [0, 0.05) is 13.0 Å². The lowest BCUT2D eigenvalue weighted by Crippen LogP contribution is -2.16. The minimum Gasteiger partial charge on any atom is -0.478 e. The zero-order chi connectivity index (χ0) is 17.5. The van der Waals surface area contributed by atoms with Gasteiger partial charge in [0.2, 0.25) is 5.16 Å². The molecule has 1 aromatic carbocycles. The molecule has 126 valence electrons. The molecular weight excluding hydrogens is 332 g/mol. The number of azo groups is 1. The molecule has 0 aliphatic carbocycles. The molecule has 0 aliphatic heterocycles. The Labute approximate surface area is 142 Å². The highest BCUT2D eigenvalue weighted by molar-refractivity contribution is 7.99. The first-order valence-corrected chi connectivity index (χ1v) is 8.04. The second-order valence-corrected chi connectivity index (χ2v) is 5.85. The molecule has 2 aromatic rings. The molecule has 0 aliphatic rings. The number of aromatic carboxylic acids is 1. The van der Waals surface area contributed by atoms with Crippen molar-refractivity contribution in [3.8, 4) is 5.69 Å². The molecule has 0 fully saturated rings. The number of tetrazole rings is 1. The van der Waals surface area contributed by atoms with Crippen LogP contribution in [-0.2, 0) is 4.79 Å². The SMILES string of the molecule is C/N=N\CC(C)C(=O)CSc1nnnn1-c1ccc(C(=O)O)cc1. The molecule has 0 spiro atoms. The van der Waals surface area contributed by atoms with Crippen molar-refractivity contribution in [2.75, 3.05) is 19.3 Å². The number of hydrogen-bond donors (Lipinski definition) is 1. The van der Waals surface area contributed by atoms with Crippen LogP contribution < -0.4 is 0 Å². The maximum atomic E-state index is 12.0. The van der Waals surface area contributed by atoms with Gasteiger partial charge in [-0.1, -0.05) is 18.7 Å². The van der Waals surface area contributed by atoms with E-state index in [-0.39, 0.29) is 23.0 Å². The van der Waals surface area contributed by atoms with Crippen molar-refractivity contribution in [2.45, 2.75) is 12.1 Å². The number of nitrogens with zero attached hydrogens (tertiary/aromatic N) is 6. The van der Waals surface area contributed by atoms with E-state index in [9.17, 15) is 9.59 Å². The fourth-order valence-corrected chi connectivity index (χ4v) is 2.67. The zero-order valence-corrected chi connectivity index (χ0v) is 14.0. The molecule has 0 amide bonds. The lowest BCUT2D eigenvalue weighted by Gasteiger charge is -2.07. The van der Waals surface area contributed by atoms with E-state index in [2.05, 4.69) is 25.8 Å². The molecule has 1 atom stereocenters. The predicted octanol–water partition coefficient (Wildman–Crippen LogP) is 1.74. The highest BCUT2D eigenvalue weighted by Gasteiger charge is 2.16. The number of Topliss-reactive ketones (excluding diaryl/α,β-unsaturated/α-hetero) is 1. The number of thioether (sulfide) groups is 1. The molecule has 0 bridgehead atoms. The van der Waals surface area contributed by atoms with Crippen LogP contribution in [0.15, 0.2) is 39.7 Å². The Morgan fingerprint density at radius 1 is 1.33 bits per heavy atom. The van der Waals surface area contributed by atoms with Crippen molar-refractivity contribution >= 4 is 23.5 Å². The highest BCUT2D eigenvalue weighted by atomic mass is 32.2. The number of benzene rings is 1. The van der Waals surface area contributed by atoms with Crippen molar-refractivity contribution in [1.29, 1.82) is 0 Å². The second-order valence-electron chi connectivity index (χ2n) is 4.91. The van der Waals surface area contributed by atoms with Gasteiger partial charge in [0.1, 0.15) is 5.78 Å². The third kappa shape index (κ3) is 4.44. The summed E-state index contributed by atoms with van der Waals surface area (Å²) in [6.07, 6.45) is 0. The van der Waals surface area contributed by atoms with Crippen LogP contribution in [0.5, 0.6) is 0 Å². The molecule has 24 heavy (non-hydrogen) atoms. The minimum atomic E-state index is -1.00. The van der Waals surface area contributed by atoms with E-state index >= 15 is 0 Å². The third-order valence-electron chi connectivity index (χ3n) is 3.19. The van der Waals surface area contributed by atoms with Gasteiger partial charge in [0.25, 0.3) is 0 Å². The summed E-state index contributed by atoms with van der Waals surface area (Å²) in [4.78, 5) is 22.9. The Morgan fingerprint density at radius 2 is 2.04 bits per heavy atom. The van der Waals surface area contributed by atoms with Crippen LogP contribution in [0, 0.1) is 5.92 Å². The Hall–Kier alpha value is -2.62. The molecule has 1 unspecified atom stereocenters. The van der Waals surface area contributed by atoms with Crippen molar-refractivity contribution in [3.05, 3.63) is 29.8 Å². The van der Waals surface area contributed by atoms with E-state index in [1.807, 2.05) is 0 Å². The smallest absolute Gasteiger partial charge is 0.335 e. The van der Waals surface area contributed by atoms with Gasteiger partial charge >= 0.3 is 5.97 Å².